The van der Waals surface area contributed by atoms with Crippen LogP contribution >= 0.6 is 34.7 Å². The summed E-state index contributed by atoms with van der Waals surface area (Å²) in [6, 6.07) is 7.64. The van der Waals surface area contributed by atoms with Crippen molar-refractivity contribution in [3.8, 4) is 16.2 Å². The van der Waals surface area contributed by atoms with Crippen LogP contribution in [0.5, 0.6) is 5.75 Å². The van der Waals surface area contributed by atoms with E-state index in [1.54, 1.807) is 50.0 Å². The van der Waals surface area contributed by atoms with Gasteiger partial charge in [0.15, 0.2) is 5.67 Å². The quantitative estimate of drug-likeness (QED) is 0.0665. The number of nitrogens with zero attached hydrogens (tertiary/aromatic N) is 6. The number of alkyl halides is 1. The molecule has 2 saturated carbocycles. The summed E-state index contributed by atoms with van der Waals surface area (Å²) >= 11 is 8.92. The number of nitrogens with one attached hydrogen (secondary N) is 4. The van der Waals surface area contributed by atoms with Gasteiger partial charge in [-0.1, -0.05) is 30.3 Å². The molecule has 16 nitrogen and oxygen atoms in total. The van der Waals surface area contributed by atoms with E-state index < -0.39 is 52.1 Å². The van der Waals surface area contributed by atoms with Gasteiger partial charge >= 0.3 is 0 Å². The minimum Gasteiger partial charge on any atom is -0.495 e. The van der Waals surface area contributed by atoms with Crippen LogP contribution in [0.25, 0.3) is 10.4 Å². The number of carbonyl (C=O) groups excluding carboxylic acids is 4. The molecule has 3 atom stereocenters. The lowest BCUT2D eigenvalue weighted by atomic mass is 9.81. The van der Waals surface area contributed by atoms with Crippen LogP contribution in [0.2, 0.25) is 5.02 Å². The number of aliphatic hydroxyl groups is 1. The maximum absolute atomic E-state index is 15.3. The van der Waals surface area contributed by atoms with Gasteiger partial charge in [0.1, 0.15) is 34.5 Å². The first-order valence-electron chi connectivity index (χ1n) is 24.4. The fourth-order valence-corrected chi connectivity index (χ4v) is 12.1. The zero-order valence-electron chi connectivity index (χ0n) is 41.2. The standard InChI is InChI=1S/C51H63ClF2N10O6S2/c1-29-42(71-28-58-29)33-11-12-35(38(53)21-33)24-56-45(66)40-23-36(65)27-64(40)47(68)43(60-48(69)51(54)15-16-51)50(3,4)72-30(2)32-9-7-31(8-10-32)26-62-17-19-63(20-18-62)46(67)34-13-14-39(41(22-34)70-6)59-49-57-25-37(52)44(55-5)61-49/h11-14,21-22,25,28,31-32,36,40,43,65H,2,7-10,15-20,23-24,26-27H2,1,3-6H3,(H,56,66)(H,60,69)(H2,55,57,59,61)/t31-,32-,36-,40?,43-/m1/s1. The number of ether oxygens (including phenoxy) is 1. The van der Waals surface area contributed by atoms with Crippen LogP contribution in [0.1, 0.15) is 80.4 Å². The number of hydrogen-bond donors (Lipinski definition) is 5. The van der Waals surface area contributed by atoms with Crippen LogP contribution in [-0.2, 0) is 20.9 Å². The van der Waals surface area contributed by atoms with Crippen LogP contribution in [-0.4, -0.2) is 140 Å². The van der Waals surface area contributed by atoms with E-state index in [-0.39, 0.29) is 49.7 Å². The summed E-state index contributed by atoms with van der Waals surface area (Å²) in [4.78, 5) is 75.4. The van der Waals surface area contributed by atoms with E-state index in [4.69, 9.17) is 16.3 Å². The Labute approximate surface area is 432 Å². The molecule has 0 radical (unpaired) electrons. The van der Waals surface area contributed by atoms with Gasteiger partial charge in [-0.3, -0.25) is 24.1 Å². The van der Waals surface area contributed by atoms with E-state index in [1.807, 2.05) is 25.7 Å². The van der Waals surface area contributed by atoms with Gasteiger partial charge in [-0.2, -0.15) is 4.98 Å². The van der Waals surface area contributed by atoms with Gasteiger partial charge in [0.05, 0.1) is 41.2 Å². The Balaban J connectivity index is 0.830. The molecule has 0 spiro atoms. The minimum atomic E-state index is -2.07. The average molecular weight is 1050 g/mol. The second-order valence-corrected chi connectivity index (χ2v) is 22.8. The highest BCUT2D eigenvalue weighted by Crippen LogP contribution is 2.45. The van der Waals surface area contributed by atoms with Gasteiger partial charge in [0.2, 0.25) is 17.8 Å². The third-order valence-corrected chi connectivity index (χ3v) is 16.9. The molecule has 2 aromatic carbocycles. The van der Waals surface area contributed by atoms with Gasteiger partial charge in [-0.05, 0) is 106 Å². The molecule has 8 rings (SSSR count). The summed E-state index contributed by atoms with van der Waals surface area (Å²) in [7, 11) is 3.26. The predicted molar refractivity (Wildman–Crippen MR) is 277 cm³/mol. The van der Waals surface area contributed by atoms with Crippen molar-refractivity contribution >= 4 is 75.8 Å². The molecule has 1 unspecified atom stereocenters. The zero-order valence-corrected chi connectivity index (χ0v) is 43.6. The number of benzene rings is 2. The number of likely N-dealkylation sites (tertiary alicyclic amines) is 1. The molecular formula is C51H63ClF2N10O6S2. The third kappa shape index (κ3) is 12.2. The summed E-state index contributed by atoms with van der Waals surface area (Å²) in [6.07, 6.45) is 4.21. The maximum atomic E-state index is 15.3. The molecular weight excluding hydrogens is 986 g/mol. The summed E-state index contributed by atoms with van der Waals surface area (Å²) in [5.74, 6) is -0.790. The van der Waals surface area contributed by atoms with E-state index in [0.29, 0.717) is 58.4 Å². The second kappa shape index (κ2) is 22.4. The van der Waals surface area contributed by atoms with E-state index in [1.165, 1.54) is 40.3 Å². The lowest BCUT2D eigenvalue weighted by Crippen LogP contribution is -2.61. The van der Waals surface area contributed by atoms with Gasteiger partial charge in [0.25, 0.3) is 11.8 Å². The maximum Gasteiger partial charge on any atom is 0.258 e. The zero-order chi connectivity index (χ0) is 51.5. The smallest absolute Gasteiger partial charge is 0.258 e. The van der Waals surface area contributed by atoms with Crippen molar-refractivity contribution in [3.63, 3.8) is 0 Å². The van der Waals surface area contributed by atoms with Gasteiger partial charge < -0.3 is 40.9 Å². The summed E-state index contributed by atoms with van der Waals surface area (Å²) in [6.45, 7) is 13.2. The van der Waals surface area contributed by atoms with E-state index in [9.17, 15) is 24.3 Å². The molecule has 2 aliphatic carbocycles. The Morgan fingerprint density at radius 3 is 2.46 bits per heavy atom. The number of methoxy groups -OCH3 is 1. The fraction of sp³-hybridized carbons (Fsp3) is 0.510. The summed E-state index contributed by atoms with van der Waals surface area (Å²) in [5, 5.41) is 22.7. The van der Waals surface area contributed by atoms with Crippen molar-refractivity contribution in [1.82, 2.24) is 40.3 Å². The van der Waals surface area contributed by atoms with Crippen molar-refractivity contribution in [1.29, 1.82) is 0 Å². The number of aryl methyl sites for hydroxylation is 1. The van der Waals surface area contributed by atoms with Crippen LogP contribution < -0.4 is 26.0 Å². The van der Waals surface area contributed by atoms with Gasteiger partial charge in [-0.25, -0.2) is 18.7 Å². The molecule has 386 valence electrons. The highest BCUT2D eigenvalue weighted by molar-refractivity contribution is 8.04. The minimum absolute atomic E-state index is 0.0519. The second-order valence-electron chi connectivity index (χ2n) is 19.7. The SMILES string of the molecule is C=C(SC(C)(C)[C@H](NC(=O)C1(F)CC1)C(=O)N1C[C@H](O)CC1C(=O)NCc1ccc(-c2scnc2C)cc1F)[C@H]1CC[C@H](CN2CCN(C(=O)c3ccc(Nc4ncc(Cl)c(NC)n4)c(OC)c3)CC2)CC1. The number of rotatable bonds is 18. The van der Waals surface area contributed by atoms with Gasteiger partial charge in [0, 0.05) is 75.2 Å². The molecule has 4 heterocycles. The normalized spacial score (nSPS) is 21.4. The number of hydrogen-bond acceptors (Lipinski definition) is 14. The number of aromatic nitrogens is 3. The first-order valence-corrected chi connectivity index (χ1v) is 26.4. The molecule has 5 N–H and O–H groups in total. The summed E-state index contributed by atoms with van der Waals surface area (Å²) in [5.41, 5.74) is 2.45. The molecule has 4 aromatic rings. The molecule has 2 aromatic heterocycles. The highest BCUT2D eigenvalue weighted by Gasteiger charge is 2.54. The van der Waals surface area contributed by atoms with E-state index in [0.717, 1.165) is 60.8 Å². The largest absolute Gasteiger partial charge is 0.495 e. The molecule has 21 heteroatoms. The first kappa shape index (κ1) is 52.9. The number of thiazole rings is 1. The molecule has 4 amide bonds. The lowest BCUT2D eigenvalue weighted by molar-refractivity contribution is -0.143. The predicted octanol–water partition coefficient (Wildman–Crippen LogP) is 7.35. The molecule has 4 fully saturated rings. The van der Waals surface area contributed by atoms with Crippen molar-refractivity contribution in [2.75, 3.05) is 64.1 Å². The number of halogens is 3. The Bertz CT molecular complexity index is 2670. The summed E-state index contributed by atoms with van der Waals surface area (Å²) < 4.78 is 35.1. The average Bonchev–Trinajstić information content (AvgIpc) is 3.77. The number of anilines is 3. The molecule has 2 saturated heterocycles. The van der Waals surface area contributed by atoms with Crippen LogP contribution in [0.3, 0.4) is 0 Å². The third-order valence-electron chi connectivity index (χ3n) is 14.2. The fourth-order valence-electron chi connectivity index (χ4n) is 9.79. The van der Waals surface area contributed by atoms with Crippen LogP contribution in [0.4, 0.5) is 26.2 Å². The number of thioether (sulfide) groups is 1. The lowest BCUT2D eigenvalue weighted by Gasteiger charge is -2.40. The van der Waals surface area contributed by atoms with Crippen LogP contribution in [0.15, 0.2) is 59.6 Å². The molecule has 72 heavy (non-hydrogen) atoms. The number of β-amino-alcohol motifs (C(OH)–C–C–N with tert-alkyl or cyclic N) is 1. The molecule has 4 aliphatic rings. The van der Waals surface area contributed by atoms with E-state index in [2.05, 4.69) is 47.7 Å². The number of amides is 4. The number of carbonyl (C=O) groups is 4. The van der Waals surface area contributed by atoms with Crippen molar-refractivity contribution < 1.29 is 37.8 Å². The first-order chi connectivity index (χ1) is 34.4. The topological polar surface area (TPSA) is 194 Å². The van der Waals surface area contributed by atoms with Crippen molar-refractivity contribution in [3.05, 3.63) is 87.3 Å². The Morgan fingerprint density at radius 1 is 1.07 bits per heavy atom. The van der Waals surface area contributed by atoms with Crippen LogP contribution in [0, 0.1) is 24.6 Å². The Morgan fingerprint density at radius 2 is 1.81 bits per heavy atom. The van der Waals surface area contributed by atoms with E-state index >= 15 is 8.78 Å². The van der Waals surface area contributed by atoms with Crippen molar-refractivity contribution in [2.45, 2.75) is 101 Å². The molecule has 2 aliphatic heterocycles. The Hall–Kier alpha value is -5.41. The van der Waals surface area contributed by atoms with Gasteiger partial charge in [-0.15, -0.1) is 23.1 Å². The van der Waals surface area contributed by atoms with Crippen molar-refractivity contribution in [2.24, 2.45) is 11.8 Å². The Kier molecular flexibility index (Phi) is 16.4. The monoisotopic (exact) mass is 1050 g/mol. The number of piperazine rings is 1. The highest BCUT2D eigenvalue weighted by atomic mass is 35.5. The number of allylic oxidation sites excluding steroid dienone is 1. The molecule has 0 bridgehead atoms. The number of aliphatic hydroxyl groups excluding tert-OH is 1.